The first-order valence-corrected chi connectivity index (χ1v) is 6.59. The lowest BCUT2D eigenvalue weighted by atomic mass is 9.89. The molecule has 0 saturated carbocycles. The SMILES string of the molecule is CCC(C)CCCC(C)(O)CCC(C)C. The number of hydrogen-bond donors (Lipinski definition) is 1. The molecule has 0 aliphatic heterocycles. The van der Waals surface area contributed by atoms with Gasteiger partial charge in [-0.1, -0.05) is 47.0 Å². The van der Waals surface area contributed by atoms with Crippen molar-refractivity contribution in [1.29, 1.82) is 0 Å². The van der Waals surface area contributed by atoms with Gasteiger partial charge in [0.2, 0.25) is 0 Å². The van der Waals surface area contributed by atoms with E-state index in [1.54, 1.807) is 0 Å². The Kier molecular flexibility index (Phi) is 7.25. The predicted octanol–water partition coefficient (Wildman–Crippen LogP) is 4.39. The molecule has 92 valence electrons. The predicted molar refractivity (Wildman–Crippen MR) is 68.0 cm³/mol. The molecule has 1 N–H and O–H groups in total. The van der Waals surface area contributed by atoms with E-state index < -0.39 is 5.60 Å². The zero-order valence-corrected chi connectivity index (χ0v) is 11.3. The molecule has 0 aliphatic carbocycles. The molecule has 0 aromatic carbocycles. The summed E-state index contributed by atoms with van der Waals surface area (Å²) in [4.78, 5) is 0. The van der Waals surface area contributed by atoms with Crippen molar-refractivity contribution in [3.8, 4) is 0 Å². The van der Waals surface area contributed by atoms with Crippen LogP contribution in [0, 0.1) is 11.8 Å². The van der Waals surface area contributed by atoms with Gasteiger partial charge in [0.25, 0.3) is 0 Å². The number of hydrogen-bond acceptors (Lipinski definition) is 1. The Morgan fingerprint density at radius 2 is 1.67 bits per heavy atom. The van der Waals surface area contributed by atoms with Crippen molar-refractivity contribution in [2.45, 2.75) is 78.7 Å². The normalized spacial score (nSPS) is 17.8. The summed E-state index contributed by atoms with van der Waals surface area (Å²) in [6.07, 6.45) is 6.73. The van der Waals surface area contributed by atoms with Crippen LogP contribution < -0.4 is 0 Å². The molecule has 1 heteroatoms. The Hall–Kier alpha value is -0.0400. The molecule has 15 heavy (non-hydrogen) atoms. The monoisotopic (exact) mass is 214 g/mol. The number of rotatable bonds is 8. The van der Waals surface area contributed by atoms with Crippen LogP contribution in [0.15, 0.2) is 0 Å². The molecule has 0 saturated heterocycles. The van der Waals surface area contributed by atoms with Crippen LogP contribution in [0.25, 0.3) is 0 Å². The molecule has 0 aliphatic rings. The Balaban J connectivity index is 3.64. The van der Waals surface area contributed by atoms with Crippen LogP contribution in [0.1, 0.15) is 73.1 Å². The summed E-state index contributed by atoms with van der Waals surface area (Å²) in [5.74, 6) is 1.51. The molecule has 0 spiro atoms. The van der Waals surface area contributed by atoms with Crippen LogP contribution in [0.5, 0.6) is 0 Å². The maximum Gasteiger partial charge on any atom is 0.0619 e. The zero-order valence-electron chi connectivity index (χ0n) is 11.3. The maximum absolute atomic E-state index is 10.1. The van der Waals surface area contributed by atoms with E-state index in [-0.39, 0.29) is 0 Å². The minimum absolute atomic E-state index is 0.433. The molecular weight excluding hydrogens is 184 g/mol. The molecule has 0 bridgehead atoms. The van der Waals surface area contributed by atoms with Crippen LogP contribution in [-0.4, -0.2) is 10.7 Å². The summed E-state index contributed by atoms with van der Waals surface area (Å²) in [5.41, 5.74) is -0.433. The third kappa shape index (κ3) is 8.92. The fourth-order valence-corrected chi connectivity index (χ4v) is 1.76. The average Bonchev–Trinajstić information content (AvgIpc) is 2.14. The maximum atomic E-state index is 10.1. The molecule has 0 aromatic rings. The van der Waals surface area contributed by atoms with E-state index in [1.807, 2.05) is 6.92 Å². The first-order chi connectivity index (χ1) is 6.87. The molecule has 2 unspecified atom stereocenters. The molecule has 0 radical (unpaired) electrons. The van der Waals surface area contributed by atoms with Crippen LogP contribution >= 0.6 is 0 Å². The van der Waals surface area contributed by atoms with Gasteiger partial charge in [-0.05, 0) is 38.0 Å². The van der Waals surface area contributed by atoms with E-state index >= 15 is 0 Å². The highest BCUT2D eigenvalue weighted by Crippen LogP contribution is 2.23. The van der Waals surface area contributed by atoms with Crippen molar-refractivity contribution in [3.63, 3.8) is 0 Å². The minimum atomic E-state index is -0.433. The van der Waals surface area contributed by atoms with Gasteiger partial charge in [-0.2, -0.15) is 0 Å². The van der Waals surface area contributed by atoms with Gasteiger partial charge >= 0.3 is 0 Å². The van der Waals surface area contributed by atoms with E-state index in [0.717, 1.165) is 25.2 Å². The van der Waals surface area contributed by atoms with Gasteiger partial charge in [0.1, 0.15) is 0 Å². The summed E-state index contributed by atoms with van der Waals surface area (Å²) in [6, 6.07) is 0. The van der Waals surface area contributed by atoms with Crippen LogP contribution in [0.3, 0.4) is 0 Å². The minimum Gasteiger partial charge on any atom is -0.390 e. The van der Waals surface area contributed by atoms with Crippen molar-refractivity contribution in [1.82, 2.24) is 0 Å². The van der Waals surface area contributed by atoms with Crippen molar-refractivity contribution >= 4 is 0 Å². The largest absolute Gasteiger partial charge is 0.390 e. The molecule has 0 aromatic heterocycles. The van der Waals surface area contributed by atoms with Crippen LogP contribution in [0.4, 0.5) is 0 Å². The fraction of sp³-hybridized carbons (Fsp3) is 1.00. The zero-order chi connectivity index (χ0) is 11.9. The second kappa shape index (κ2) is 7.27. The summed E-state index contributed by atoms with van der Waals surface area (Å²) >= 11 is 0. The van der Waals surface area contributed by atoms with Gasteiger partial charge in [0.05, 0.1) is 5.60 Å². The summed E-state index contributed by atoms with van der Waals surface area (Å²) < 4.78 is 0. The van der Waals surface area contributed by atoms with E-state index in [0.29, 0.717) is 5.92 Å². The van der Waals surface area contributed by atoms with Gasteiger partial charge in [0, 0.05) is 0 Å². The Bertz CT molecular complexity index is 149. The molecule has 0 rings (SSSR count). The second-order valence-electron chi connectivity index (χ2n) is 5.84. The Labute approximate surface area is 96.3 Å². The molecule has 0 amide bonds. The summed E-state index contributed by atoms with van der Waals surface area (Å²) in [7, 11) is 0. The van der Waals surface area contributed by atoms with Crippen molar-refractivity contribution in [2.75, 3.05) is 0 Å². The average molecular weight is 214 g/mol. The highest BCUT2D eigenvalue weighted by molar-refractivity contribution is 4.73. The smallest absolute Gasteiger partial charge is 0.0619 e. The van der Waals surface area contributed by atoms with Crippen LogP contribution in [0.2, 0.25) is 0 Å². The van der Waals surface area contributed by atoms with E-state index in [9.17, 15) is 5.11 Å². The van der Waals surface area contributed by atoms with E-state index in [1.165, 1.54) is 19.3 Å². The Morgan fingerprint density at radius 3 is 2.13 bits per heavy atom. The molecule has 0 fully saturated rings. The molecular formula is C14H30O. The lowest BCUT2D eigenvalue weighted by Crippen LogP contribution is -2.24. The van der Waals surface area contributed by atoms with Crippen molar-refractivity contribution in [3.05, 3.63) is 0 Å². The number of aliphatic hydroxyl groups is 1. The fourth-order valence-electron chi connectivity index (χ4n) is 1.76. The van der Waals surface area contributed by atoms with Gasteiger partial charge in [-0.3, -0.25) is 0 Å². The summed E-state index contributed by atoms with van der Waals surface area (Å²) in [5, 5.41) is 10.1. The van der Waals surface area contributed by atoms with Crippen molar-refractivity contribution in [2.24, 2.45) is 11.8 Å². The lowest BCUT2D eigenvalue weighted by molar-refractivity contribution is 0.0332. The third-order valence-electron chi connectivity index (χ3n) is 3.37. The Morgan fingerprint density at radius 1 is 1.07 bits per heavy atom. The lowest BCUT2D eigenvalue weighted by Gasteiger charge is -2.24. The van der Waals surface area contributed by atoms with Crippen LogP contribution in [-0.2, 0) is 0 Å². The second-order valence-corrected chi connectivity index (χ2v) is 5.84. The van der Waals surface area contributed by atoms with Crippen molar-refractivity contribution < 1.29 is 5.11 Å². The standard InChI is InChI=1S/C14H30O/c1-6-13(4)8-7-10-14(5,15)11-9-12(2)3/h12-13,15H,6-11H2,1-5H3. The first-order valence-electron chi connectivity index (χ1n) is 6.59. The summed E-state index contributed by atoms with van der Waals surface area (Å²) in [6.45, 7) is 11.0. The topological polar surface area (TPSA) is 20.2 Å². The van der Waals surface area contributed by atoms with Gasteiger partial charge in [0.15, 0.2) is 0 Å². The molecule has 0 heterocycles. The van der Waals surface area contributed by atoms with E-state index in [2.05, 4.69) is 27.7 Å². The van der Waals surface area contributed by atoms with Gasteiger partial charge in [-0.15, -0.1) is 0 Å². The molecule has 1 nitrogen and oxygen atoms in total. The van der Waals surface area contributed by atoms with Gasteiger partial charge in [-0.25, -0.2) is 0 Å². The van der Waals surface area contributed by atoms with E-state index in [4.69, 9.17) is 0 Å². The highest BCUT2D eigenvalue weighted by atomic mass is 16.3. The van der Waals surface area contributed by atoms with Gasteiger partial charge < -0.3 is 5.11 Å². The quantitative estimate of drug-likeness (QED) is 0.635. The first kappa shape index (κ1) is 15.0. The molecule has 2 atom stereocenters. The third-order valence-corrected chi connectivity index (χ3v) is 3.37. The highest BCUT2D eigenvalue weighted by Gasteiger charge is 2.20.